The molecule has 4 aliphatic rings. The Morgan fingerprint density at radius 3 is 1.07 bits per heavy atom. The second-order valence-electron chi connectivity index (χ2n) is 33.1. The van der Waals surface area contributed by atoms with Gasteiger partial charge in [0.05, 0.1) is 109 Å². The zero-order valence-electron chi connectivity index (χ0n) is 84.5. The zero-order chi connectivity index (χ0) is 106. The van der Waals surface area contributed by atoms with Crippen LogP contribution < -0.4 is 24.3 Å². The highest BCUT2D eigenvalue weighted by atomic mass is 79.9. The number of methoxy groups -OCH3 is 9. The smallest absolute Gasteiger partial charge is 0.411 e. The molecule has 131 heavy (non-hydrogen) atoms. The average Bonchev–Trinajstić information content (AvgIpc) is 1.52. The zero-order valence-corrected chi connectivity index (χ0v) is 79.1. The van der Waals surface area contributed by atoms with Crippen LogP contribution in [0.2, 0.25) is 19.6 Å². The Bertz CT molecular complexity index is 5180. The first-order valence-electron chi connectivity index (χ1n) is 44.4. The third-order valence-electron chi connectivity index (χ3n) is 19.4. The lowest BCUT2D eigenvalue weighted by Gasteiger charge is -2.28. The molecule has 4 aromatic carbocycles. The van der Waals surface area contributed by atoms with E-state index in [9.17, 15) is 82.1 Å². The van der Waals surface area contributed by atoms with E-state index in [2.05, 4.69) is 52.4 Å². The first-order chi connectivity index (χ1) is 64.4. The molecule has 4 unspecified atom stereocenters. The van der Waals surface area contributed by atoms with E-state index < -0.39 is 226 Å². The van der Waals surface area contributed by atoms with Crippen molar-refractivity contribution in [2.45, 2.75) is 200 Å². The van der Waals surface area contributed by atoms with E-state index in [1.54, 1.807) is 80.5 Å². The normalized spacial score (nSPS) is 21.1. The van der Waals surface area contributed by atoms with Gasteiger partial charge in [0.25, 0.3) is 0 Å². The van der Waals surface area contributed by atoms with Crippen molar-refractivity contribution in [1.82, 2.24) is 20.0 Å². The number of aryl methyl sites for hydroxylation is 2. The first kappa shape index (κ1) is 97.4. The summed E-state index contributed by atoms with van der Waals surface area (Å²) >= 11 is 3.30. The maximum absolute atomic E-state index is 13.0. The highest BCUT2D eigenvalue weighted by Crippen LogP contribution is 2.40. The fourth-order valence-electron chi connectivity index (χ4n) is 13.4. The molecule has 4 N–H and O–H groups in total. The molecule has 0 radical (unpaired) electrons. The van der Waals surface area contributed by atoms with Crippen molar-refractivity contribution < 1.29 is 174 Å². The highest BCUT2D eigenvalue weighted by Gasteiger charge is 2.56. The summed E-state index contributed by atoms with van der Waals surface area (Å²) in [4.78, 5) is 188. The van der Waals surface area contributed by atoms with Gasteiger partial charge < -0.3 is 96.4 Å². The number of carboxylic acids is 3. The lowest BCUT2D eigenvalue weighted by molar-refractivity contribution is -0.150. The van der Waals surface area contributed by atoms with Crippen LogP contribution in [0.5, 0.6) is 23.0 Å². The number of likely N-dealkylation sites (tertiary alicyclic amines) is 3. The number of esters is 9. The summed E-state index contributed by atoms with van der Waals surface area (Å²) in [6.45, 7) is 17.3. The standard InChI is InChI=1S/C24H33NO9.C24H29NO9.C22H28BrNO9.C16H19NO7.C5H10Si/c2*1-8-14-9-10-17(16(11-14)21(27)31-6)33-18-13-25(23(29)34-24(2,3)4)20(22(28)32-7)15(18)12-19(26)30-5;1-22(2,3)33-21(28)24-11-16(13(10-17(25)29-4)18(24)20(27)31-6)32-15-8-7-12(23)9-14(15)19(26)30-5;1-2-8-3-4-11(10(5-8)15(20)21)24-12-7-17-14(16(22)23)9(12)6-13(18)19;1-5-6(2,3)4/h9-11,15,18,20H,8,12-13H2,1-7H3;1,9-11,15,18,20H,12-13H2,2-7H3;7-9,13,16,18H,10-11H2,1-6H3;3-5,9,12,14,17H,2,6-7H2,1H3,(H,18,19)(H,20,21)(H,22,23);1H,2-4H3/t2*15-,18?,20-;13-,16?,18-;9-,12?,14-;/m0000./s1/i1T2,8T2;;;1T2,2T2;. The van der Waals surface area contributed by atoms with E-state index >= 15 is 0 Å². The molecular formula is C91H119BrN4O34Si. The molecule has 0 saturated carbocycles. The van der Waals surface area contributed by atoms with E-state index in [4.69, 9.17) is 105 Å². The maximum atomic E-state index is 13.0. The summed E-state index contributed by atoms with van der Waals surface area (Å²) < 4.78 is 145. The van der Waals surface area contributed by atoms with Crippen LogP contribution in [0.25, 0.3) is 0 Å². The largest absolute Gasteiger partial charge is 0.488 e. The summed E-state index contributed by atoms with van der Waals surface area (Å²) in [5.74, 6) is -11.5. The molecule has 4 saturated heterocycles. The van der Waals surface area contributed by atoms with Gasteiger partial charge in [-0.2, -0.15) is 0 Å². The minimum atomic E-state index is -2.42. The number of carboxylic acid groups (broad SMARTS) is 3. The van der Waals surface area contributed by atoms with Crippen molar-refractivity contribution >= 4 is 114 Å². The monoisotopic (exact) mass is 1930 g/mol. The van der Waals surface area contributed by atoms with Crippen LogP contribution in [0.1, 0.15) is 171 Å². The number of benzene rings is 4. The SMILES string of the molecule is C#C[Si](C)(C)C.C#Cc1ccc(OC2CN(C(=O)OC(C)(C)C)[C@H](C(=O)OC)[C@H]2CC(=O)OC)c(C(=O)OC)c1.COC(=O)C[C@H]1C(Oc2ccc(Br)cc2C(=O)OC)CN(C(=O)OC(C)(C)C)[C@@H]1C(=O)OC.[3H]C([3H])C([3H])([3H])c1ccc(OC2CN(C(=O)OC(C)(C)C)[C@H](C(=O)OC)[C@H]2CC(=O)OC)c(C(=O)OC)c1.[3H]C([3H])C([3H])([3H])c1ccc(OC2CN[C@H](C(=O)O)[C@H]2CC(=O)O)c(C(=O)O)c1. The second-order valence-corrected chi connectivity index (χ2v) is 38.8. The van der Waals surface area contributed by atoms with E-state index in [0.29, 0.717) is 10.0 Å². The first-order valence-corrected chi connectivity index (χ1v) is 44.4. The number of aliphatic carboxylic acids is 2. The number of hydrogen-bond acceptors (Lipinski definition) is 32. The molecule has 0 spiro atoms. The molecule has 718 valence electrons. The minimum Gasteiger partial charge on any atom is -0.488 e. The van der Waals surface area contributed by atoms with Crippen LogP contribution in [-0.4, -0.2) is 284 Å². The summed E-state index contributed by atoms with van der Waals surface area (Å²) in [5.41, 5.74) is -0.158. The Hall–Kier alpha value is -12.7. The van der Waals surface area contributed by atoms with Crippen LogP contribution in [0.3, 0.4) is 0 Å². The molecule has 38 nitrogen and oxygen atoms in total. The van der Waals surface area contributed by atoms with Crippen molar-refractivity contribution in [1.29, 1.82) is 0 Å². The number of halogens is 1. The number of terminal acetylenes is 2. The number of nitrogens with zero attached hydrogens (tertiary/aromatic N) is 3. The van der Waals surface area contributed by atoms with Crippen molar-refractivity contribution in [3.05, 3.63) is 116 Å². The van der Waals surface area contributed by atoms with Crippen molar-refractivity contribution in [2.24, 2.45) is 23.7 Å². The molecule has 4 aliphatic heterocycles. The summed E-state index contributed by atoms with van der Waals surface area (Å²) in [6, 6.07) is 11.3. The van der Waals surface area contributed by atoms with E-state index in [0.717, 1.165) is 42.2 Å². The third-order valence-corrected chi connectivity index (χ3v) is 20.7. The molecule has 0 bridgehead atoms. The summed E-state index contributed by atoms with van der Waals surface area (Å²) in [6.07, 6.45) is -1.71. The lowest BCUT2D eigenvalue weighted by atomic mass is 9.94. The van der Waals surface area contributed by atoms with Crippen LogP contribution in [-0.2, 0) is 108 Å². The molecule has 4 fully saturated rings. The van der Waals surface area contributed by atoms with Crippen LogP contribution in [0.4, 0.5) is 14.4 Å². The Kier molecular flexibility index (Phi) is 37.1. The molecule has 12 atom stereocenters. The van der Waals surface area contributed by atoms with E-state index in [-0.39, 0.29) is 96.3 Å². The van der Waals surface area contributed by atoms with Gasteiger partial charge in [0.2, 0.25) is 0 Å². The molecule has 40 heteroatoms. The van der Waals surface area contributed by atoms with E-state index in [1.165, 1.54) is 91.1 Å². The molecule has 4 aromatic rings. The van der Waals surface area contributed by atoms with Crippen molar-refractivity contribution in [3.63, 3.8) is 0 Å². The second kappa shape index (κ2) is 49.9. The van der Waals surface area contributed by atoms with Gasteiger partial charge in [-0.15, -0.1) is 18.4 Å². The van der Waals surface area contributed by atoms with Gasteiger partial charge in [-0.05, 0) is 147 Å². The predicted molar refractivity (Wildman–Crippen MR) is 473 cm³/mol. The van der Waals surface area contributed by atoms with Gasteiger partial charge in [0.1, 0.15) is 119 Å². The molecular weight excluding hydrogens is 1800 g/mol. The Morgan fingerprint density at radius 2 is 0.771 bits per heavy atom. The van der Waals surface area contributed by atoms with Gasteiger partial charge in [-0.1, -0.05) is 67.4 Å². The number of nitrogens with one attached hydrogen (secondary N) is 1. The fraction of sp³-hybridized carbons (Fsp3) is 0.527. The maximum Gasteiger partial charge on any atom is 0.411 e. The third kappa shape index (κ3) is 32.7. The fourth-order valence-corrected chi connectivity index (χ4v) is 13.7. The topological polar surface area (TPSA) is 486 Å². The Balaban J connectivity index is 0.000000380. The number of rotatable bonds is 26. The van der Waals surface area contributed by atoms with Crippen LogP contribution in [0.15, 0.2) is 77.3 Å². The Labute approximate surface area is 781 Å². The number of amides is 3. The van der Waals surface area contributed by atoms with Crippen LogP contribution >= 0.6 is 15.9 Å². The van der Waals surface area contributed by atoms with Gasteiger partial charge >= 0.3 is 89.9 Å². The number of carbonyl (C=O) groups is 15. The summed E-state index contributed by atoms with van der Waals surface area (Å²) in [7, 11) is 9.53. The van der Waals surface area contributed by atoms with Crippen molar-refractivity contribution in [2.75, 3.05) is 90.2 Å². The van der Waals surface area contributed by atoms with Gasteiger partial charge in [0, 0.05) is 51.2 Å². The van der Waals surface area contributed by atoms with Gasteiger partial charge in [-0.3, -0.25) is 38.7 Å². The van der Waals surface area contributed by atoms with Crippen molar-refractivity contribution in [3.8, 4) is 47.3 Å². The summed E-state index contributed by atoms with van der Waals surface area (Å²) in [5, 5.41) is 30.3. The number of hydrogen-bond donors (Lipinski definition) is 4. The Morgan fingerprint density at radius 1 is 0.450 bits per heavy atom. The number of carbonyl (C=O) groups excluding carboxylic acids is 12. The van der Waals surface area contributed by atoms with Gasteiger partial charge in [-0.25, -0.2) is 47.9 Å². The number of aromatic carboxylic acids is 1. The quantitative estimate of drug-likeness (QED) is 0.0196. The minimum absolute atomic E-state index is 0.0158. The van der Waals surface area contributed by atoms with Gasteiger partial charge in [0.15, 0.2) is 0 Å². The molecule has 8 rings (SSSR count). The molecule has 0 aliphatic carbocycles. The lowest BCUT2D eigenvalue weighted by Crippen LogP contribution is -2.46. The highest BCUT2D eigenvalue weighted by molar-refractivity contribution is 9.10. The molecule has 0 aromatic heterocycles. The van der Waals surface area contributed by atoms with Crippen LogP contribution in [0, 0.1) is 48.0 Å². The molecule has 4 heterocycles. The molecule has 3 amide bonds. The number of ether oxygens (including phenoxy) is 16. The average molecular weight is 1940 g/mol. The predicted octanol–water partition coefficient (Wildman–Crippen LogP) is 10.2. The van der Waals surface area contributed by atoms with E-state index in [1.807, 2.05) is 0 Å².